The second-order valence-electron chi connectivity index (χ2n) is 4.47. The summed E-state index contributed by atoms with van der Waals surface area (Å²) in [6.07, 6.45) is 2.87. The molecule has 0 amide bonds. The molecule has 0 saturated carbocycles. The van der Waals surface area contributed by atoms with Crippen molar-refractivity contribution in [1.29, 1.82) is 0 Å². The fourth-order valence-electron chi connectivity index (χ4n) is 1.81. The highest BCUT2D eigenvalue weighted by Gasteiger charge is 1.99. The van der Waals surface area contributed by atoms with Crippen LogP contribution in [0.3, 0.4) is 0 Å². The smallest absolute Gasteiger partial charge is 0.258 e. The van der Waals surface area contributed by atoms with Crippen LogP contribution in [0.25, 0.3) is 0 Å². The van der Waals surface area contributed by atoms with Crippen LogP contribution < -0.4 is 10.9 Å². The van der Waals surface area contributed by atoms with Gasteiger partial charge >= 0.3 is 0 Å². The summed E-state index contributed by atoms with van der Waals surface area (Å²) in [6.45, 7) is 0.982. The summed E-state index contributed by atoms with van der Waals surface area (Å²) in [7, 11) is 0. The van der Waals surface area contributed by atoms with Gasteiger partial charge < -0.3 is 0 Å². The minimum Gasteiger partial charge on any atom is -0.295 e. The van der Waals surface area contributed by atoms with Crippen molar-refractivity contribution in [3.8, 4) is 0 Å². The lowest BCUT2D eigenvalue weighted by Gasteiger charge is -2.05. The van der Waals surface area contributed by atoms with E-state index in [9.17, 15) is 9.59 Å². The highest BCUT2D eigenvalue weighted by atomic mass is 32.2. The molecule has 0 aromatic heterocycles. The summed E-state index contributed by atoms with van der Waals surface area (Å²) < 4.78 is 0. The summed E-state index contributed by atoms with van der Waals surface area (Å²) in [4.78, 5) is 22.2. The minimum absolute atomic E-state index is 0.491. The van der Waals surface area contributed by atoms with Crippen LogP contribution in [-0.4, -0.2) is 12.2 Å². The molecule has 0 heterocycles. The predicted octanol–water partition coefficient (Wildman–Crippen LogP) is 2.52. The fourth-order valence-corrected chi connectivity index (χ4v) is 2.63. The van der Waals surface area contributed by atoms with Gasteiger partial charge in [0.05, 0.1) is 13.1 Å². The molecule has 7 heteroatoms. The molecular weight excluding hydrogens is 312 g/mol. The normalized spacial score (nSPS) is 9.39. The van der Waals surface area contributed by atoms with E-state index in [2.05, 4.69) is 21.1 Å². The van der Waals surface area contributed by atoms with Crippen LogP contribution in [0.1, 0.15) is 11.1 Å². The van der Waals surface area contributed by atoms with E-state index >= 15 is 0 Å². The zero-order valence-corrected chi connectivity index (χ0v) is 13.0. The first-order valence-corrected chi connectivity index (χ1v) is 7.58. The highest BCUT2D eigenvalue weighted by Crippen LogP contribution is 2.27. The van der Waals surface area contributed by atoms with E-state index in [-0.39, 0.29) is 0 Å². The van der Waals surface area contributed by atoms with Gasteiger partial charge in [-0.3, -0.25) is 10.9 Å². The predicted molar refractivity (Wildman–Crippen MR) is 86.9 cm³/mol. The van der Waals surface area contributed by atoms with Gasteiger partial charge in [-0.15, -0.1) is 0 Å². The Bertz CT molecular complexity index is 655. The number of hydrazone groups is 2. The second-order valence-corrected chi connectivity index (χ2v) is 5.61. The van der Waals surface area contributed by atoms with E-state index in [1.54, 1.807) is 11.8 Å². The third-order valence-electron chi connectivity index (χ3n) is 2.90. The summed E-state index contributed by atoms with van der Waals surface area (Å²) in [5.74, 6) is 0. The number of hydrogen-bond acceptors (Lipinski definition) is 7. The molecule has 116 valence electrons. The highest BCUT2D eigenvalue weighted by molar-refractivity contribution is 7.99. The summed E-state index contributed by atoms with van der Waals surface area (Å²) in [6, 6.07) is 16.0. The molecule has 6 nitrogen and oxygen atoms in total. The van der Waals surface area contributed by atoms with Crippen molar-refractivity contribution in [2.75, 3.05) is 0 Å². The molecule has 0 saturated heterocycles. The molecule has 0 atom stereocenters. The number of hydrogen-bond donors (Lipinski definition) is 2. The quantitative estimate of drug-likeness (QED) is 0.442. The molecule has 23 heavy (non-hydrogen) atoms. The van der Waals surface area contributed by atoms with Crippen molar-refractivity contribution in [2.45, 2.75) is 22.9 Å². The van der Waals surface area contributed by atoms with E-state index in [1.165, 1.54) is 12.2 Å². The van der Waals surface area contributed by atoms with Crippen molar-refractivity contribution in [3.63, 3.8) is 0 Å². The van der Waals surface area contributed by atoms with E-state index < -0.39 is 0 Å². The average molecular weight is 326 g/mol. The number of isocyanates is 2. The third-order valence-corrected chi connectivity index (χ3v) is 3.91. The molecule has 0 radical (unpaired) electrons. The Morgan fingerprint density at radius 2 is 1.13 bits per heavy atom. The molecular formula is C16H14N4O2S. The van der Waals surface area contributed by atoms with Crippen LogP contribution in [0.4, 0.5) is 0 Å². The van der Waals surface area contributed by atoms with Crippen molar-refractivity contribution in [1.82, 2.24) is 10.9 Å². The van der Waals surface area contributed by atoms with Gasteiger partial charge in [0.2, 0.25) is 0 Å². The van der Waals surface area contributed by atoms with Gasteiger partial charge in [-0.1, -0.05) is 46.2 Å². The average Bonchev–Trinajstić information content (AvgIpc) is 2.58. The topological polar surface area (TPSA) is 82.9 Å². The van der Waals surface area contributed by atoms with E-state index in [1.807, 2.05) is 48.5 Å². The van der Waals surface area contributed by atoms with Crippen LogP contribution in [0.5, 0.6) is 0 Å². The first-order valence-electron chi connectivity index (χ1n) is 6.77. The lowest BCUT2D eigenvalue weighted by molar-refractivity contribution is 0.556. The van der Waals surface area contributed by atoms with Crippen LogP contribution in [-0.2, 0) is 22.7 Å². The molecule has 2 aromatic carbocycles. The van der Waals surface area contributed by atoms with Gasteiger partial charge in [-0.25, -0.2) is 9.59 Å². The maximum absolute atomic E-state index is 9.97. The Morgan fingerprint density at radius 1 is 0.739 bits per heavy atom. The number of nitrogens with zero attached hydrogens (tertiary/aromatic N) is 2. The molecule has 0 spiro atoms. The Balaban J connectivity index is 1.90. The van der Waals surface area contributed by atoms with Crippen molar-refractivity contribution >= 4 is 23.9 Å². The fraction of sp³-hybridized carbons (Fsp3) is 0.125. The van der Waals surface area contributed by atoms with Gasteiger partial charge in [0, 0.05) is 9.79 Å². The van der Waals surface area contributed by atoms with E-state index in [4.69, 9.17) is 0 Å². The zero-order chi connectivity index (χ0) is 16.3. The van der Waals surface area contributed by atoms with Gasteiger partial charge in [-0.05, 0) is 35.4 Å². The zero-order valence-electron chi connectivity index (χ0n) is 12.2. The van der Waals surface area contributed by atoms with Crippen LogP contribution in [0.2, 0.25) is 0 Å². The molecule has 0 aliphatic heterocycles. The largest absolute Gasteiger partial charge is 0.295 e. The summed E-state index contributed by atoms with van der Waals surface area (Å²) >= 11 is 1.65. The first kappa shape index (κ1) is 16.5. The van der Waals surface area contributed by atoms with Gasteiger partial charge in [0.15, 0.2) is 0 Å². The monoisotopic (exact) mass is 326 g/mol. The second kappa shape index (κ2) is 9.23. The minimum atomic E-state index is 0.491. The van der Waals surface area contributed by atoms with Crippen molar-refractivity contribution in [2.24, 2.45) is 10.2 Å². The molecule has 0 bridgehead atoms. The standard InChI is InChI=1S/C16H14N4O2S/c21-11-19-17-9-13-1-5-15(6-2-13)23-16-7-3-14(4-8-16)10-18-20-12-22/h1-8,17-18H,9-10H2. The van der Waals surface area contributed by atoms with E-state index in [0.29, 0.717) is 13.1 Å². The molecule has 2 rings (SSSR count). The third kappa shape index (κ3) is 5.80. The molecule has 0 unspecified atom stereocenters. The lowest BCUT2D eigenvalue weighted by Crippen LogP contribution is -2.03. The number of carbonyl (C=O) groups excluding carboxylic acids is 2. The Morgan fingerprint density at radius 3 is 1.48 bits per heavy atom. The number of rotatable bonds is 8. The van der Waals surface area contributed by atoms with Gasteiger partial charge in [0.25, 0.3) is 12.2 Å². The summed E-state index contributed by atoms with van der Waals surface area (Å²) in [5.41, 5.74) is 7.28. The van der Waals surface area contributed by atoms with Gasteiger partial charge in [-0.2, -0.15) is 0 Å². The SMILES string of the molecule is O=C=NNCc1ccc(Sc2ccc(CNN=C=O)cc2)cc1. The number of benzene rings is 2. The Kier molecular flexibility index (Phi) is 6.63. The Hall–Kier alpha value is -2.85. The van der Waals surface area contributed by atoms with Crippen LogP contribution >= 0.6 is 11.8 Å². The maximum Gasteiger partial charge on any atom is 0.258 e. The summed E-state index contributed by atoms with van der Waals surface area (Å²) in [5, 5.41) is 6.60. The van der Waals surface area contributed by atoms with Crippen LogP contribution in [0, 0.1) is 0 Å². The Labute approximate surface area is 137 Å². The molecule has 0 fully saturated rings. The molecule has 2 N–H and O–H groups in total. The molecule has 2 aromatic rings. The van der Waals surface area contributed by atoms with E-state index in [0.717, 1.165) is 20.9 Å². The lowest BCUT2D eigenvalue weighted by atomic mass is 10.2. The van der Waals surface area contributed by atoms with Gasteiger partial charge in [0.1, 0.15) is 0 Å². The van der Waals surface area contributed by atoms with Crippen LogP contribution in [0.15, 0.2) is 68.5 Å². The molecule has 0 aliphatic carbocycles. The first-order chi connectivity index (χ1) is 11.3. The maximum atomic E-state index is 9.97. The van der Waals surface area contributed by atoms with Crippen molar-refractivity contribution < 1.29 is 9.59 Å². The molecule has 0 aliphatic rings. The number of nitrogens with one attached hydrogen (secondary N) is 2. The van der Waals surface area contributed by atoms with Crippen molar-refractivity contribution in [3.05, 3.63) is 59.7 Å².